The molecule has 1 rings (SSSR count). The fourth-order valence-electron chi connectivity index (χ4n) is 1.78. The summed E-state index contributed by atoms with van der Waals surface area (Å²) in [7, 11) is 5.43. The van der Waals surface area contributed by atoms with Gasteiger partial charge in [-0.05, 0) is 51.7 Å². The summed E-state index contributed by atoms with van der Waals surface area (Å²) < 4.78 is 5.15. The molecule has 0 radical (unpaired) electrons. The Morgan fingerprint density at radius 2 is 1.95 bits per heavy atom. The average Bonchev–Trinajstić information content (AvgIpc) is 2.43. The summed E-state index contributed by atoms with van der Waals surface area (Å²) in [6.07, 6.45) is 0.791. The smallest absolute Gasteiger partial charge is 0.313 e. The fraction of sp³-hybridized carbons (Fsp3) is 0.467. The maximum Gasteiger partial charge on any atom is 0.313 e. The third-order valence-electron chi connectivity index (χ3n) is 2.88. The summed E-state index contributed by atoms with van der Waals surface area (Å²) in [5, 5.41) is 5.16. The van der Waals surface area contributed by atoms with Gasteiger partial charge in [0.05, 0.1) is 12.8 Å². The van der Waals surface area contributed by atoms with Gasteiger partial charge < -0.3 is 20.3 Å². The topological polar surface area (TPSA) is 70.7 Å². The summed E-state index contributed by atoms with van der Waals surface area (Å²) in [4.78, 5) is 25.5. The van der Waals surface area contributed by atoms with Crippen molar-refractivity contribution in [1.29, 1.82) is 0 Å². The normalized spacial score (nSPS) is 10.3. The molecular weight excluding hydrogens is 270 g/mol. The number of nitrogens with one attached hydrogen (secondary N) is 2. The summed E-state index contributed by atoms with van der Waals surface area (Å²) in [5.41, 5.74) is 1.46. The van der Waals surface area contributed by atoms with Gasteiger partial charge in [0.2, 0.25) is 0 Å². The van der Waals surface area contributed by atoms with Crippen LogP contribution in [0.4, 0.5) is 5.69 Å². The lowest BCUT2D eigenvalue weighted by atomic mass is 10.2. The molecule has 0 saturated carbocycles. The van der Waals surface area contributed by atoms with Crippen molar-refractivity contribution in [1.82, 2.24) is 10.2 Å². The molecule has 0 aliphatic rings. The molecule has 1 aromatic carbocycles. The maximum atomic E-state index is 11.8. The molecule has 6 heteroatoms. The first-order chi connectivity index (χ1) is 9.93. The predicted molar refractivity (Wildman–Crippen MR) is 82.5 cm³/mol. The second-order valence-electron chi connectivity index (χ2n) is 5.07. The number of hydrogen-bond donors (Lipinski definition) is 2. The lowest BCUT2D eigenvalue weighted by Crippen LogP contribution is -2.36. The Morgan fingerprint density at radius 3 is 2.57 bits per heavy atom. The minimum absolute atomic E-state index is 0.468. The van der Waals surface area contributed by atoms with Crippen LogP contribution in [-0.2, 0) is 9.59 Å². The Labute approximate surface area is 125 Å². The van der Waals surface area contributed by atoms with Gasteiger partial charge in [0, 0.05) is 6.54 Å². The van der Waals surface area contributed by atoms with Crippen molar-refractivity contribution in [2.45, 2.75) is 13.3 Å². The van der Waals surface area contributed by atoms with E-state index in [-0.39, 0.29) is 0 Å². The first-order valence-electron chi connectivity index (χ1n) is 6.82. The number of methoxy groups -OCH3 is 1. The number of anilines is 1. The first-order valence-corrected chi connectivity index (χ1v) is 6.82. The van der Waals surface area contributed by atoms with Gasteiger partial charge in [-0.25, -0.2) is 0 Å². The van der Waals surface area contributed by atoms with E-state index >= 15 is 0 Å². The Bertz CT molecular complexity index is 501. The van der Waals surface area contributed by atoms with Crippen LogP contribution in [0.25, 0.3) is 0 Å². The highest BCUT2D eigenvalue weighted by molar-refractivity contribution is 6.39. The first kappa shape index (κ1) is 17.0. The largest absolute Gasteiger partial charge is 0.495 e. The highest BCUT2D eigenvalue weighted by atomic mass is 16.5. The van der Waals surface area contributed by atoms with Gasteiger partial charge in [0.15, 0.2) is 0 Å². The summed E-state index contributed by atoms with van der Waals surface area (Å²) in [5.74, 6) is -0.810. The molecule has 2 amide bonds. The molecule has 1 aromatic rings. The zero-order valence-corrected chi connectivity index (χ0v) is 13.0. The molecule has 0 bridgehead atoms. The Hall–Kier alpha value is -2.08. The molecule has 0 atom stereocenters. The molecule has 6 nitrogen and oxygen atoms in total. The van der Waals surface area contributed by atoms with Crippen LogP contribution in [0.5, 0.6) is 5.75 Å². The fourth-order valence-corrected chi connectivity index (χ4v) is 1.78. The molecule has 0 saturated heterocycles. The van der Waals surface area contributed by atoms with Crippen molar-refractivity contribution in [3.05, 3.63) is 23.8 Å². The van der Waals surface area contributed by atoms with E-state index in [1.54, 1.807) is 12.1 Å². The van der Waals surface area contributed by atoms with Gasteiger partial charge in [0.25, 0.3) is 0 Å². The third kappa shape index (κ3) is 5.83. The van der Waals surface area contributed by atoms with Crippen LogP contribution >= 0.6 is 0 Å². The molecule has 2 N–H and O–H groups in total. The number of ether oxygens (including phenoxy) is 1. The van der Waals surface area contributed by atoms with Crippen LogP contribution < -0.4 is 15.4 Å². The van der Waals surface area contributed by atoms with E-state index in [0.29, 0.717) is 18.0 Å². The number of amides is 2. The van der Waals surface area contributed by atoms with Gasteiger partial charge in [-0.15, -0.1) is 0 Å². The average molecular weight is 293 g/mol. The predicted octanol–water partition coefficient (Wildman–Crippen LogP) is 1.01. The number of carbonyl (C=O) groups is 2. The van der Waals surface area contributed by atoms with E-state index in [9.17, 15) is 9.59 Å². The highest BCUT2D eigenvalue weighted by Gasteiger charge is 2.15. The molecule has 21 heavy (non-hydrogen) atoms. The van der Waals surface area contributed by atoms with Gasteiger partial charge in [0.1, 0.15) is 5.75 Å². The van der Waals surface area contributed by atoms with Crippen LogP contribution in [-0.4, -0.2) is 51.0 Å². The van der Waals surface area contributed by atoms with Crippen molar-refractivity contribution >= 4 is 17.5 Å². The van der Waals surface area contributed by atoms with Gasteiger partial charge in [-0.3, -0.25) is 9.59 Å². The Balaban J connectivity index is 2.52. The molecular formula is C15H23N3O3. The van der Waals surface area contributed by atoms with Crippen molar-refractivity contribution in [3.8, 4) is 5.75 Å². The molecule has 0 heterocycles. The minimum atomic E-state index is -0.691. The zero-order valence-electron chi connectivity index (χ0n) is 13.0. The summed E-state index contributed by atoms with van der Waals surface area (Å²) in [6.45, 7) is 3.22. The molecule has 116 valence electrons. The van der Waals surface area contributed by atoms with Crippen molar-refractivity contribution < 1.29 is 14.3 Å². The molecule has 0 fully saturated rings. The van der Waals surface area contributed by atoms with E-state index in [4.69, 9.17) is 4.74 Å². The molecule has 0 aromatic heterocycles. The minimum Gasteiger partial charge on any atom is -0.495 e. The monoisotopic (exact) mass is 293 g/mol. The Kier molecular flexibility index (Phi) is 6.68. The van der Waals surface area contributed by atoms with Crippen LogP contribution in [0.15, 0.2) is 18.2 Å². The highest BCUT2D eigenvalue weighted by Crippen LogP contribution is 2.24. The van der Waals surface area contributed by atoms with E-state index < -0.39 is 11.8 Å². The SMILES string of the molecule is COc1ccc(C)cc1NC(=O)C(=O)NCCCN(C)C. The van der Waals surface area contributed by atoms with Gasteiger partial charge in [-0.1, -0.05) is 6.07 Å². The van der Waals surface area contributed by atoms with E-state index in [1.807, 2.05) is 32.0 Å². The van der Waals surface area contributed by atoms with Crippen molar-refractivity contribution in [2.24, 2.45) is 0 Å². The van der Waals surface area contributed by atoms with Gasteiger partial charge in [-0.2, -0.15) is 0 Å². The quantitative estimate of drug-likeness (QED) is 0.606. The maximum absolute atomic E-state index is 11.8. The lowest BCUT2D eigenvalue weighted by Gasteiger charge is -2.12. The van der Waals surface area contributed by atoms with E-state index in [2.05, 4.69) is 10.6 Å². The number of hydrogen-bond acceptors (Lipinski definition) is 4. The zero-order chi connectivity index (χ0) is 15.8. The van der Waals surface area contributed by atoms with E-state index in [1.165, 1.54) is 7.11 Å². The third-order valence-corrected chi connectivity index (χ3v) is 2.88. The number of aryl methyl sites for hydroxylation is 1. The lowest BCUT2D eigenvalue weighted by molar-refractivity contribution is -0.136. The summed E-state index contributed by atoms with van der Waals surface area (Å²) in [6, 6.07) is 5.38. The van der Waals surface area contributed by atoms with E-state index in [0.717, 1.165) is 18.5 Å². The van der Waals surface area contributed by atoms with Crippen molar-refractivity contribution in [3.63, 3.8) is 0 Å². The van der Waals surface area contributed by atoms with Crippen LogP contribution in [0.1, 0.15) is 12.0 Å². The van der Waals surface area contributed by atoms with Crippen LogP contribution in [0, 0.1) is 6.92 Å². The molecule has 0 unspecified atom stereocenters. The number of carbonyl (C=O) groups excluding carboxylic acids is 2. The second kappa shape index (κ2) is 8.26. The number of nitrogens with zero attached hydrogens (tertiary/aromatic N) is 1. The Morgan fingerprint density at radius 1 is 1.24 bits per heavy atom. The molecule has 0 aliphatic heterocycles. The molecule has 0 spiro atoms. The van der Waals surface area contributed by atoms with Crippen LogP contribution in [0.3, 0.4) is 0 Å². The van der Waals surface area contributed by atoms with Crippen molar-refractivity contribution in [2.75, 3.05) is 39.6 Å². The van der Waals surface area contributed by atoms with Gasteiger partial charge >= 0.3 is 11.8 Å². The molecule has 0 aliphatic carbocycles. The summed E-state index contributed by atoms with van der Waals surface area (Å²) >= 11 is 0. The number of rotatable bonds is 6. The second-order valence-corrected chi connectivity index (χ2v) is 5.07. The number of benzene rings is 1. The standard InChI is InChI=1S/C15H23N3O3/c1-11-6-7-13(21-4)12(10-11)17-15(20)14(19)16-8-5-9-18(2)3/h6-7,10H,5,8-9H2,1-4H3,(H,16,19)(H,17,20). The van der Waals surface area contributed by atoms with Crippen LogP contribution in [0.2, 0.25) is 0 Å².